The van der Waals surface area contributed by atoms with Crippen LogP contribution in [-0.2, 0) is 6.54 Å². The molecule has 1 aliphatic heterocycles. The molecule has 0 aromatic carbocycles. The summed E-state index contributed by atoms with van der Waals surface area (Å²) in [6.07, 6.45) is 8.14. The molecular weight excluding hydrogens is 246 g/mol. The monoisotopic (exact) mass is 273 g/mol. The molecule has 0 bridgehead atoms. The Morgan fingerprint density at radius 3 is 3.05 bits per heavy atom. The van der Waals surface area contributed by atoms with Crippen molar-refractivity contribution < 1.29 is 0 Å². The molecule has 1 saturated heterocycles. The molecule has 3 heteroatoms. The lowest BCUT2D eigenvalue weighted by atomic mass is 9.92. The van der Waals surface area contributed by atoms with Crippen LogP contribution in [0.1, 0.15) is 51.1 Å². The van der Waals surface area contributed by atoms with Crippen LogP contribution in [0.25, 0.3) is 0 Å². The van der Waals surface area contributed by atoms with Gasteiger partial charge in [-0.25, -0.2) is 4.98 Å². The van der Waals surface area contributed by atoms with Crippen LogP contribution in [0.15, 0.2) is 18.2 Å². The summed E-state index contributed by atoms with van der Waals surface area (Å²) < 4.78 is 0. The number of rotatable bonds is 5. The van der Waals surface area contributed by atoms with Gasteiger partial charge in [-0.2, -0.15) is 0 Å². The second-order valence-corrected chi connectivity index (χ2v) is 6.26. The molecule has 1 saturated carbocycles. The quantitative estimate of drug-likeness (QED) is 0.834. The Morgan fingerprint density at radius 2 is 2.15 bits per heavy atom. The Bertz CT molecular complexity index is 432. The molecule has 0 spiro atoms. The molecule has 3 rings (SSSR count). The lowest BCUT2D eigenvalue weighted by Crippen LogP contribution is -2.43. The number of hydrogen-bond donors (Lipinski definition) is 1. The molecular formula is C17H27N3. The van der Waals surface area contributed by atoms with Crippen LogP contribution >= 0.6 is 0 Å². The predicted octanol–water partition coefficient (Wildman–Crippen LogP) is 3.35. The van der Waals surface area contributed by atoms with Crippen LogP contribution in [0.4, 0.5) is 5.82 Å². The van der Waals surface area contributed by atoms with Crippen LogP contribution in [0, 0.1) is 5.92 Å². The number of hydrogen-bond acceptors (Lipinski definition) is 3. The average Bonchev–Trinajstić information content (AvgIpc) is 2.96. The zero-order chi connectivity index (χ0) is 13.8. The van der Waals surface area contributed by atoms with E-state index in [9.17, 15) is 0 Å². The maximum Gasteiger partial charge on any atom is 0.129 e. The molecule has 2 fully saturated rings. The average molecular weight is 273 g/mol. The normalized spacial score (nSPS) is 25.8. The van der Waals surface area contributed by atoms with E-state index in [1.807, 2.05) is 0 Å². The van der Waals surface area contributed by atoms with E-state index in [2.05, 4.69) is 35.3 Å². The van der Waals surface area contributed by atoms with Gasteiger partial charge in [-0.3, -0.25) is 0 Å². The largest absolute Gasteiger partial charge is 0.353 e. The van der Waals surface area contributed by atoms with E-state index in [-0.39, 0.29) is 0 Å². The molecule has 2 atom stereocenters. The van der Waals surface area contributed by atoms with Crippen LogP contribution in [0.2, 0.25) is 0 Å². The van der Waals surface area contributed by atoms with Crippen molar-refractivity contribution >= 4 is 5.82 Å². The highest BCUT2D eigenvalue weighted by Gasteiger charge is 2.35. The summed E-state index contributed by atoms with van der Waals surface area (Å²) >= 11 is 0. The number of nitrogens with zero attached hydrogens (tertiary/aromatic N) is 2. The van der Waals surface area contributed by atoms with E-state index in [4.69, 9.17) is 4.98 Å². The van der Waals surface area contributed by atoms with Gasteiger partial charge in [-0.05, 0) is 56.7 Å². The minimum Gasteiger partial charge on any atom is -0.353 e. The summed E-state index contributed by atoms with van der Waals surface area (Å²) in [5.74, 6) is 2.13. The fourth-order valence-electron chi connectivity index (χ4n) is 3.86. The molecule has 0 radical (unpaired) electrons. The lowest BCUT2D eigenvalue weighted by molar-refractivity contribution is 0.360. The van der Waals surface area contributed by atoms with Crippen LogP contribution in [0.3, 0.4) is 0 Å². The second kappa shape index (κ2) is 6.57. The number of anilines is 1. The molecule has 1 aromatic heterocycles. The van der Waals surface area contributed by atoms with Gasteiger partial charge in [0.25, 0.3) is 0 Å². The molecule has 2 aliphatic rings. The molecule has 1 aromatic rings. The van der Waals surface area contributed by atoms with Gasteiger partial charge in [-0.1, -0.05) is 19.4 Å². The zero-order valence-corrected chi connectivity index (χ0v) is 12.6. The first-order valence-electron chi connectivity index (χ1n) is 8.32. The standard InChI is InChI=1S/C17H27N3/c1-2-11-18-13-15-8-4-10-17(19-15)20-12-5-7-14-6-3-9-16(14)20/h4,8,10,14,16,18H,2-3,5-7,9,11-13H2,1H3. The highest BCUT2D eigenvalue weighted by molar-refractivity contribution is 5.42. The van der Waals surface area contributed by atoms with Crippen molar-refractivity contribution in [3.05, 3.63) is 23.9 Å². The number of aromatic nitrogens is 1. The van der Waals surface area contributed by atoms with Gasteiger partial charge in [-0.15, -0.1) is 0 Å². The Balaban J connectivity index is 1.70. The summed E-state index contributed by atoms with van der Waals surface area (Å²) in [6.45, 7) is 5.36. The topological polar surface area (TPSA) is 28.2 Å². The van der Waals surface area contributed by atoms with Crippen molar-refractivity contribution in [3.8, 4) is 0 Å². The first-order chi connectivity index (χ1) is 9.88. The minimum absolute atomic E-state index is 0.759. The molecule has 110 valence electrons. The maximum atomic E-state index is 4.89. The predicted molar refractivity (Wildman–Crippen MR) is 83.9 cm³/mol. The summed E-state index contributed by atoms with van der Waals surface area (Å²) in [7, 11) is 0. The van der Waals surface area contributed by atoms with Gasteiger partial charge in [0.15, 0.2) is 0 Å². The van der Waals surface area contributed by atoms with Crippen LogP contribution < -0.4 is 10.2 Å². The Labute approximate surface area is 122 Å². The van der Waals surface area contributed by atoms with Gasteiger partial charge < -0.3 is 10.2 Å². The van der Waals surface area contributed by atoms with E-state index >= 15 is 0 Å². The van der Waals surface area contributed by atoms with E-state index in [0.29, 0.717) is 0 Å². The maximum absolute atomic E-state index is 4.89. The summed E-state index contributed by atoms with van der Waals surface area (Å²) in [6, 6.07) is 7.27. The molecule has 3 nitrogen and oxygen atoms in total. The highest BCUT2D eigenvalue weighted by atomic mass is 15.2. The third-order valence-corrected chi connectivity index (χ3v) is 4.81. The highest BCUT2D eigenvalue weighted by Crippen LogP contribution is 2.38. The lowest BCUT2D eigenvalue weighted by Gasteiger charge is -2.38. The Morgan fingerprint density at radius 1 is 1.25 bits per heavy atom. The molecule has 2 unspecified atom stereocenters. The Hall–Kier alpha value is -1.09. The van der Waals surface area contributed by atoms with E-state index < -0.39 is 0 Å². The van der Waals surface area contributed by atoms with Crippen LogP contribution in [0.5, 0.6) is 0 Å². The molecule has 0 amide bonds. The zero-order valence-electron chi connectivity index (χ0n) is 12.6. The molecule has 20 heavy (non-hydrogen) atoms. The van der Waals surface area contributed by atoms with Gasteiger partial charge in [0, 0.05) is 19.1 Å². The second-order valence-electron chi connectivity index (χ2n) is 6.26. The van der Waals surface area contributed by atoms with E-state index in [1.54, 1.807) is 0 Å². The van der Waals surface area contributed by atoms with Gasteiger partial charge in [0.2, 0.25) is 0 Å². The fraction of sp³-hybridized carbons (Fsp3) is 0.706. The smallest absolute Gasteiger partial charge is 0.129 e. The molecule has 1 N–H and O–H groups in total. The third-order valence-electron chi connectivity index (χ3n) is 4.81. The number of nitrogens with one attached hydrogen (secondary N) is 1. The van der Waals surface area contributed by atoms with Crippen molar-refractivity contribution in [3.63, 3.8) is 0 Å². The Kier molecular flexibility index (Phi) is 4.56. The van der Waals surface area contributed by atoms with Crippen molar-refractivity contribution in [1.82, 2.24) is 10.3 Å². The SMILES string of the molecule is CCCNCc1cccc(N2CCCC3CCCC32)n1. The van der Waals surface area contributed by atoms with Gasteiger partial charge >= 0.3 is 0 Å². The molecule has 1 aliphatic carbocycles. The number of fused-ring (bicyclic) bond motifs is 1. The van der Waals surface area contributed by atoms with Gasteiger partial charge in [0.05, 0.1) is 5.69 Å². The first-order valence-corrected chi connectivity index (χ1v) is 8.32. The fourth-order valence-corrected chi connectivity index (χ4v) is 3.86. The summed E-state index contributed by atoms with van der Waals surface area (Å²) in [5.41, 5.74) is 1.18. The molecule has 2 heterocycles. The summed E-state index contributed by atoms with van der Waals surface area (Å²) in [5, 5.41) is 3.45. The van der Waals surface area contributed by atoms with Crippen molar-refractivity contribution in [1.29, 1.82) is 0 Å². The van der Waals surface area contributed by atoms with Crippen molar-refractivity contribution in [2.75, 3.05) is 18.0 Å². The minimum atomic E-state index is 0.759. The van der Waals surface area contributed by atoms with E-state index in [0.717, 1.165) is 25.0 Å². The number of pyridine rings is 1. The first kappa shape index (κ1) is 13.9. The van der Waals surface area contributed by atoms with Crippen molar-refractivity contribution in [2.45, 2.75) is 58.0 Å². The van der Waals surface area contributed by atoms with Crippen LogP contribution in [-0.4, -0.2) is 24.1 Å². The summed E-state index contributed by atoms with van der Waals surface area (Å²) in [4.78, 5) is 7.48. The van der Waals surface area contributed by atoms with Gasteiger partial charge in [0.1, 0.15) is 5.82 Å². The van der Waals surface area contributed by atoms with E-state index in [1.165, 1.54) is 56.6 Å². The number of piperidine rings is 1. The third kappa shape index (κ3) is 2.98. The van der Waals surface area contributed by atoms with Crippen molar-refractivity contribution in [2.24, 2.45) is 5.92 Å².